The number of para-hydroxylation sites is 1. The van der Waals surface area contributed by atoms with E-state index in [0.717, 1.165) is 41.6 Å². The number of fused-ring (bicyclic) bond motifs is 1. The fraction of sp³-hybridized carbons (Fsp3) is 0.467. The molecular formula is C15H18N2O2S2. The van der Waals surface area contributed by atoms with Crippen molar-refractivity contribution in [2.24, 2.45) is 0 Å². The van der Waals surface area contributed by atoms with E-state index in [2.05, 4.69) is 9.97 Å². The van der Waals surface area contributed by atoms with Gasteiger partial charge in [-0.1, -0.05) is 24.6 Å². The summed E-state index contributed by atoms with van der Waals surface area (Å²) in [6.07, 6.45) is 6.47. The van der Waals surface area contributed by atoms with Crippen molar-refractivity contribution in [3.63, 3.8) is 0 Å². The molecule has 2 atom stereocenters. The van der Waals surface area contributed by atoms with Gasteiger partial charge in [0.25, 0.3) is 0 Å². The van der Waals surface area contributed by atoms with Crippen molar-refractivity contribution in [1.29, 1.82) is 0 Å². The van der Waals surface area contributed by atoms with Crippen LogP contribution in [0.1, 0.15) is 25.7 Å². The summed E-state index contributed by atoms with van der Waals surface area (Å²) in [7, 11) is -2.94. The summed E-state index contributed by atoms with van der Waals surface area (Å²) in [4.78, 5) is 8.66. The van der Waals surface area contributed by atoms with Gasteiger partial charge in [-0.05, 0) is 25.3 Å². The SMILES string of the molecule is CS(=O)(=O)C1CCCC(Sc2ncnc3ccccc23)C1. The van der Waals surface area contributed by atoms with Crippen LogP contribution in [-0.2, 0) is 9.84 Å². The fourth-order valence-electron chi connectivity index (χ4n) is 2.83. The second-order valence-corrected chi connectivity index (χ2v) is 9.17. The molecule has 0 saturated heterocycles. The van der Waals surface area contributed by atoms with Gasteiger partial charge in [0.15, 0.2) is 0 Å². The zero-order valence-electron chi connectivity index (χ0n) is 11.9. The van der Waals surface area contributed by atoms with E-state index >= 15 is 0 Å². The van der Waals surface area contributed by atoms with Crippen molar-refractivity contribution in [3.05, 3.63) is 30.6 Å². The van der Waals surface area contributed by atoms with E-state index in [1.165, 1.54) is 6.26 Å². The van der Waals surface area contributed by atoms with E-state index in [1.54, 1.807) is 18.1 Å². The minimum Gasteiger partial charge on any atom is -0.236 e. The molecule has 0 aliphatic heterocycles. The summed E-state index contributed by atoms with van der Waals surface area (Å²) >= 11 is 1.70. The van der Waals surface area contributed by atoms with Gasteiger partial charge >= 0.3 is 0 Å². The van der Waals surface area contributed by atoms with E-state index in [4.69, 9.17) is 0 Å². The first kappa shape index (κ1) is 14.8. The third kappa shape index (κ3) is 3.37. The lowest BCUT2D eigenvalue weighted by atomic mass is 10.00. The quantitative estimate of drug-likeness (QED) is 0.813. The van der Waals surface area contributed by atoms with Crippen LogP contribution in [0.15, 0.2) is 35.6 Å². The molecule has 1 aliphatic carbocycles. The van der Waals surface area contributed by atoms with Crippen LogP contribution in [0.25, 0.3) is 10.9 Å². The molecule has 112 valence electrons. The average molecular weight is 322 g/mol. The predicted molar refractivity (Wildman–Crippen MR) is 86.3 cm³/mol. The molecule has 2 unspecified atom stereocenters. The Morgan fingerprint density at radius 2 is 2.00 bits per heavy atom. The maximum Gasteiger partial charge on any atom is 0.150 e. The number of thioether (sulfide) groups is 1. The lowest BCUT2D eigenvalue weighted by Crippen LogP contribution is -2.28. The van der Waals surface area contributed by atoms with Crippen molar-refractivity contribution in [2.75, 3.05) is 6.26 Å². The molecule has 0 bridgehead atoms. The second-order valence-electron chi connectivity index (χ2n) is 5.55. The minimum absolute atomic E-state index is 0.197. The maximum absolute atomic E-state index is 11.8. The topological polar surface area (TPSA) is 59.9 Å². The van der Waals surface area contributed by atoms with Crippen molar-refractivity contribution >= 4 is 32.5 Å². The number of benzene rings is 1. The molecule has 6 heteroatoms. The van der Waals surface area contributed by atoms with Crippen LogP contribution in [-0.4, -0.2) is 35.1 Å². The molecule has 0 amide bonds. The molecule has 1 fully saturated rings. The van der Waals surface area contributed by atoms with Crippen molar-refractivity contribution in [1.82, 2.24) is 9.97 Å². The van der Waals surface area contributed by atoms with E-state index in [1.807, 2.05) is 24.3 Å². The third-order valence-electron chi connectivity index (χ3n) is 3.97. The normalized spacial score (nSPS) is 23.3. The van der Waals surface area contributed by atoms with Gasteiger partial charge in [0.1, 0.15) is 21.2 Å². The van der Waals surface area contributed by atoms with Crippen LogP contribution in [0.5, 0.6) is 0 Å². The largest absolute Gasteiger partial charge is 0.236 e. The average Bonchev–Trinajstić information content (AvgIpc) is 2.47. The Kier molecular flexibility index (Phi) is 4.17. The molecule has 2 aromatic rings. The Balaban J connectivity index is 1.82. The number of hydrogen-bond donors (Lipinski definition) is 0. The lowest BCUT2D eigenvalue weighted by molar-refractivity contribution is 0.495. The van der Waals surface area contributed by atoms with Crippen molar-refractivity contribution < 1.29 is 8.42 Å². The smallest absolute Gasteiger partial charge is 0.150 e. The standard InChI is InChI=1S/C15H18N2O2S2/c1-21(18,19)12-6-4-5-11(9-12)20-15-13-7-2-3-8-14(13)16-10-17-15/h2-3,7-8,10-12H,4-6,9H2,1H3. The Morgan fingerprint density at radius 1 is 1.19 bits per heavy atom. The molecule has 1 saturated carbocycles. The Bertz CT molecular complexity index is 741. The van der Waals surface area contributed by atoms with Crippen LogP contribution >= 0.6 is 11.8 Å². The van der Waals surface area contributed by atoms with E-state index in [9.17, 15) is 8.42 Å². The molecule has 1 aliphatic rings. The Labute approximate surface area is 129 Å². The molecule has 1 heterocycles. The molecule has 21 heavy (non-hydrogen) atoms. The van der Waals surface area contributed by atoms with Gasteiger partial charge in [-0.15, -0.1) is 11.8 Å². The first-order valence-corrected chi connectivity index (χ1v) is 9.93. The summed E-state index contributed by atoms with van der Waals surface area (Å²) in [6, 6.07) is 7.94. The van der Waals surface area contributed by atoms with Gasteiger partial charge in [0, 0.05) is 16.9 Å². The van der Waals surface area contributed by atoms with E-state index in [-0.39, 0.29) is 5.25 Å². The highest BCUT2D eigenvalue weighted by Gasteiger charge is 2.29. The third-order valence-corrected chi connectivity index (χ3v) is 6.92. The van der Waals surface area contributed by atoms with Crippen LogP contribution in [0.2, 0.25) is 0 Å². The van der Waals surface area contributed by atoms with Crippen LogP contribution in [0, 0.1) is 0 Å². The number of rotatable bonds is 3. The predicted octanol–water partition coefficient (Wildman–Crippen LogP) is 3.08. The van der Waals surface area contributed by atoms with E-state index < -0.39 is 9.84 Å². The highest BCUT2D eigenvalue weighted by molar-refractivity contribution is 8.00. The molecular weight excluding hydrogens is 304 g/mol. The molecule has 0 spiro atoms. The second kappa shape index (κ2) is 5.93. The van der Waals surface area contributed by atoms with Gasteiger partial charge in [-0.25, -0.2) is 18.4 Å². The van der Waals surface area contributed by atoms with Gasteiger partial charge in [0.2, 0.25) is 0 Å². The van der Waals surface area contributed by atoms with Crippen molar-refractivity contribution in [2.45, 2.75) is 41.2 Å². The van der Waals surface area contributed by atoms with Gasteiger partial charge in [-0.3, -0.25) is 0 Å². The highest BCUT2D eigenvalue weighted by Crippen LogP contribution is 2.37. The lowest BCUT2D eigenvalue weighted by Gasteiger charge is -2.27. The highest BCUT2D eigenvalue weighted by atomic mass is 32.2. The van der Waals surface area contributed by atoms with Crippen LogP contribution in [0.4, 0.5) is 0 Å². The Morgan fingerprint density at radius 3 is 2.81 bits per heavy atom. The summed E-state index contributed by atoms with van der Waals surface area (Å²) in [5, 5.41) is 2.12. The minimum atomic E-state index is -2.94. The maximum atomic E-state index is 11.8. The van der Waals surface area contributed by atoms with E-state index in [0.29, 0.717) is 5.25 Å². The summed E-state index contributed by atoms with van der Waals surface area (Å²) in [5.74, 6) is 0. The monoisotopic (exact) mass is 322 g/mol. The number of nitrogens with zero attached hydrogens (tertiary/aromatic N) is 2. The molecule has 1 aromatic carbocycles. The number of sulfone groups is 1. The first-order valence-electron chi connectivity index (χ1n) is 7.09. The molecule has 0 N–H and O–H groups in total. The van der Waals surface area contributed by atoms with Gasteiger partial charge in [-0.2, -0.15) is 0 Å². The molecule has 1 aromatic heterocycles. The van der Waals surface area contributed by atoms with Crippen molar-refractivity contribution in [3.8, 4) is 0 Å². The fourth-order valence-corrected chi connectivity index (χ4v) is 5.46. The molecule has 3 rings (SSSR count). The van der Waals surface area contributed by atoms with Gasteiger partial charge < -0.3 is 0 Å². The zero-order valence-corrected chi connectivity index (χ0v) is 13.5. The summed E-state index contributed by atoms with van der Waals surface area (Å²) < 4.78 is 23.5. The Hall–Kier alpha value is -1.14. The van der Waals surface area contributed by atoms with Crippen LogP contribution in [0.3, 0.4) is 0 Å². The van der Waals surface area contributed by atoms with Crippen LogP contribution < -0.4 is 0 Å². The molecule has 4 nitrogen and oxygen atoms in total. The van der Waals surface area contributed by atoms with Gasteiger partial charge in [0.05, 0.1) is 10.8 Å². The molecule has 0 radical (unpaired) electrons. The number of aromatic nitrogens is 2. The first-order chi connectivity index (χ1) is 10.0. The summed E-state index contributed by atoms with van der Waals surface area (Å²) in [6.45, 7) is 0. The summed E-state index contributed by atoms with van der Waals surface area (Å²) in [5.41, 5.74) is 0.936. The zero-order chi connectivity index (χ0) is 14.9. The number of hydrogen-bond acceptors (Lipinski definition) is 5.